The summed E-state index contributed by atoms with van der Waals surface area (Å²) in [7, 11) is 0. The van der Waals surface area contributed by atoms with E-state index in [1.807, 2.05) is 18.6 Å². The zero-order valence-corrected chi connectivity index (χ0v) is 51.8. The van der Waals surface area contributed by atoms with Crippen molar-refractivity contribution in [3.05, 3.63) is 328 Å². The van der Waals surface area contributed by atoms with Crippen molar-refractivity contribution in [2.24, 2.45) is 0 Å². The third-order valence-corrected chi connectivity index (χ3v) is 20.3. The van der Waals surface area contributed by atoms with Crippen LogP contribution in [0.3, 0.4) is 0 Å². The lowest BCUT2D eigenvalue weighted by Crippen LogP contribution is -1.97. The van der Waals surface area contributed by atoms with Crippen LogP contribution in [0.5, 0.6) is 0 Å². The smallest absolute Gasteiger partial charge is 0.0722 e. The van der Waals surface area contributed by atoms with Crippen LogP contribution >= 0.6 is 0 Å². The van der Waals surface area contributed by atoms with E-state index in [4.69, 9.17) is 4.98 Å². The minimum absolute atomic E-state index is 0.934. The van der Waals surface area contributed by atoms with Crippen LogP contribution in [0.15, 0.2) is 328 Å². The van der Waals surface area contributed by atoms with Gasteiger partial charge in [-0.15, -0.1) is 0 Å². The van der Waals surface area contributed by atoms with Gasteiger partial charge in [0, 0.05) is 128 Å². The molecule has 0 saturated heterocycles. The molecule has 0 unspecified atom stereocenters. The van der Waals surface area contributed by atoms with Crippen molar-refractivity contribution in [1.29, 1.82) is 0 Å². The van der Waals surface area contributed by atoms with Crippen molar-refractivity contribution in [3.63, 3.8) is 0 Å². The normalized spacial score (nSPS) is 12.2. The van der Waals surface area contributed by atoms with Crippen molar-refractivity contribution in [2.75, 3.05) is 0 Å². The average molecular weight is 1220 g/mol. The number of fused-ring (bicyclic) bond motifs is 19. The lowest BCUT2D eigenvalue weighted by atomic mass is 10.0. The molecule has 0 aliphatic heterocycles. The lowest BCUT2D eigenvalue weighted by molar-refractivity contribution is 1.15. The molecule has 446 valence electrons. The molecule has 8 aromatic heterocycles. The van der Waals surface area contributed by atoms with Gasteiger partial charge in [-0.3, -0.25) is 9.97 Å². The Balaban J connectivity index is 0.800. The SMILES string of the molecule is c1ccc(-c2cc(-n3c4ccccc4c4cc5c(cc43)c3c4c6ccccc6n(-c6cccc(-c7cccc8c9cc%10c(cc9n(-c9ccncc9)c78)c7cc8c9ccccc9n(-c9ccccc9)c8cc7n%10-c7ccccc7)c6)c4ccc3n5-c3ccccc3)ccn2)cc1. The first-order valence-corrected chi connectivity index (χ1v) is 32.8. The number of aromatic nitrogens is 8. The Morgan fingerprint density at radius 2 is 0.583 bits per heavy atom. The maximum atomic E-state index is 4.88. The summed E-state index contributed by atoms with van der Waals surface area (Å²) in [5.74, 6) is 0. The number of benzene rings is 13. The van der Waals surface area contributed by atoms with E-state index in [1.54, 1.807) is 0 Å². The zero-order chi connectivity index (χ0) is 62.7. The highest BCUT2D eigenvalue weighted by atomic mass is 15.0. The third-order valence-electron chi connectivity index (χ3n) is 20.3. The van der Waals surface area contributed by atoms with Crippen LogP contribution in [0.25, 0.3) is 187 Å². The molecule has 0 aliphatic rings. The van der Waals surface area contributed by atoms with Gasteiger partial charge in [-0.2, -0.15) is 0 Å². The number of nitrogens with zero attached hydrogens (tertiary/aromatic N) is 8. The summed E-state index contributed by atoms with van der Waals surface area (Å²) < 4.78 is 14.8. The van der Waals surface area contributed by atoms with Crippen LogP contribution in [-0.4, -0.2) is 37.4 Å². The fraction of sp³-hybridized carbons (Fsp3) is 0. The van der Waals surface area contributed by atoms with E-state index in [0.717, 1.165) is 112 Å². The van der Waals surface area contributed by atoms with Crippen molar-refractivity contribution in [1.82, 2.24) is 37.4 Å². The van der Waals surface area contributed by atoms with Crippen LogP contribution in [-0.2, 0) is 0 Å². The van der Waals surface area contributed by atoms with Crippen LogP contribution in [0.4, 0.5) is 0 Å². The van der Waals surface area contributed by atoms with Gasteiger partial charge in [0.2, 0.25) is 0 Å². The van der Waals surface area contributed by atoms with Gasteiger partial charge >= 0.3 is 0 Å². The highest BCUT2D eigenvalue weighted by Gasteiger charge is 2.27. The van der Waals surface area contributed by atoms with Crippen molar-refractivity contribution in [3.8, 4) is 56.5 Å². The highest BCUT2D eigenvalue weighted by molar-refractivity contribution is 6.31. The highest BCUT2D eigenvalue weighted by Crippen LogP contribution is 2.48. The zero-order valence-electron chi connectivity index (χ0n) is 51.8. The van der Waals surface area contributed by atoms with E-state index in [2.05, 4.69) is 342 Å². The Hall–Kier alpha value is -13.0. The van der Waals surface area contributed by atoms with E-state index >= 15 is 0 Å². The fourth-order valence-corrected chi connectivity index (χ4v) is 16.3. The van der Waals surface area contributed by atoms with Crippen LogP contribution < -0.4 is 0 Å². The van der Waals surface area contributed by atoms with Gasteiger partial charge in [0.1, 0.15) is 0 Å². The minimum Gasteiger partial charge on any atom is -0.309 e. The molecule has 0 fully saturated rings. The molecule has 8 nitrogen and oxygen atoms in total. The molecule has 8 heteroatoms. The molecular weight excluding hydrogens is 1170 g/mol. The number of para-hydroxylation sites is 7. The second-order valence-corrected chi connectivity index (χ2v) is 25.3. The van der Waals surface area contributed by atoms with E-state index < -0.39 is 0 Å². The summed E-state index contributed by atoms with van der Waals surface area (Å²) in [6, 6.07) is 114. The molecule has 0 amide bonds. The molecule has 8 heterocycles. The second kappa shape index (κ2) is 20.2. The van der Waals surface area contributed by atoms with Crippen molar-refractivity contribution < 1.29 is 0 Å². The summed E-state index contributed by atoms with van der Waals surface area (Å²) in [5.41, 5.74) is 24.6. The average Bonchev–Trinajstić information content (AvgIpc) is 1.54. The van der Waals surface area contributed by atoms with Crippen LogP contribution in [0, 0.1) is 0 Å². The van der Waals surface area contributed by atoms with E-state index in [0.29, 0.717) is 0 Å². The maximum Gasteiger partial charge on any atom is 0.0722 e. The minimum atomic E-state index is 0.934. The monoisotopic (exact) mass is 1220 g/mol. The van der Waals surface area contributed by atoms with Gasteiger partial charge in [-0.1, -0.05) is 170 Å². The first-order chi connectivity index (χ1) is 47.7. The molecule has 0 bridgehead atoms. The summed E-state index contributed by atoms with van der Waals surface area (Å²) in [5, 5.41) is 14.4. The maximum absolute atomic E-state index is 4.88. The van der Waals surface area contributed by atoms with Gasteiger partial charge in [-0.05, 0) is 145 Å². The molecule has 21 rings (SSSR count). The van der Waals surface area contributed by atoms with Crippen molar-refractivity contribution in [2.45, 2.75) is 0 Å². The molecule has 0 spiro atoms. The largest absolute Gasteiger partial charge is 0.309 e. The van der Waals surface area contributed by atoms with Crippen LogP contribution in [0.2, 0.25) is 0 Å². The molecule has 0 N–H and O–H groups in total. The van der Waals surface area contributed by atoms with E-state index in [-0.39, 0.29) is 0 Å². The molecule has 96 heavy (non-hydrogen) atoms. The summed E-state index contributed by atoms with van der Waals surface area (Å²) in [6.45, 7) is 0. The predicted octanol–water partition coefficient (Wildman–Crippen LogP) is 22.4. The summed E-state index contributed by atoms with van der Waals surface area (Å²) >= 11 is 0. The standard InChI is InChI=1S/C88H54N8/c1-5-21-55(22-6-1)74-48-62(43-46-90-74)95-76-37-17-14-32-65(76)70-50-83-73(53-81(70)95)87-79(92(83)58-26-9-3-10-27-58)40-39-78-86(87)67-33-15-18-38-77(67)94(78)61-30-19-23-56(47-61)63-34-20-35-66-71-51-80-72(52-82(71)96(88(63)66)60-41-44-89-45-42-60)69-49-68-64-31-13-16-36-75(64)91(57-24-7-2-8-25-57)84(68)54-85(69)93(80)59-28-11-4-12-29-59/h1-54H. The Morgan fingerprint density at radius 1 is 0.198 bits per heavy atom. The number of rotatable bonds is 8. The van der Waals surface area contributed by atoms with Crippen molar-refractivity contribution >= 4 is 131 Å². The van der Waals surface area contributed by atoms with Gasteiger partial charge in [0.25, 0.3) is 0 Å². The Labute approximate surface area is 549 Å². The van der Waals surface area contributed by atoms with Gasteiger partial charge in [0.15, 0.2) is 0 Å². The molecule has 0 radical (unpaired) electrons. The fourth-order valence-electron chi connectivity index (χ4n) is 16.3. The Morgan fingerprint density at radius 3 is 1.23 bits per heavy atom. The molecule has 0 aliphatic carbocycles. The first-order valence-electron chi connectivity index (χ1n) is 32.8. The summed E-state index contributed by atoms with van der Waals surface area (Å²) in [4.78, 5) is 9.45. The quantitative estimate of drug-likeness (QED) is 0.152. The number of hydrogen-bond acceptors (Lipinski definition) is 2. The molecular formula is C88H54N8. The molecule has 13 aromatic carbocycles. The van der Waals surface area contributed by atoms with E-state index in [9.17, 15) is 0 Å². The van der Waals surface area contributed by atoms with Crippen LogP contribution in [0.1, 0.15) is 0 Å². The third kappa shape index (κ3) is 7.49. The van der Waals surface area contributed by atoms with Gasteiger partial charge < -0.3 is 27.4 Å². The molecule has 21 aromatic rings. The predicted molar refractivity (Wildman–Crippen MR) is 399 cm³/mol. The molecule has 0 atom stereocenters. The first kappa shape index (κ1) is 52.6. The number of hydrogen-bond donors (Lipinski definition) is 0. The number of pyridine rings is 2. The van der Waals surface area contributed by atoms with Gasteiger partial charge in [0.05, 0.1) is 71.9 Å². The lowest BCUT2D eigenvalue weighted by Gasteiger charge is -2.14. The Bertz CT molecular complexity index is 6790. The summed E-state index contributed by atoms with van der Waals surface area (Å²) in [6.07, 6.45) is 5.77. The second-order valence-electron chi connectivity index (χ2n) is 25.3. The topological polar surface area (TPSA) is 55.4 Å². The van der Waals surface area contributed by atoms with E-state index in [1.165, 1.54) is 75.7 Å². The Kier molecular flexibility index (Phi) is 11.1. The molecule has 0 saturated carbocycles. The van der Waals surface area contributed by atoms with Gasteiger partial charge in [-0.25, -0.2) is 0 Å².